The number of hydrogen-bond acceptors (Lipinski definition) is 5. The molecular formula is C12H16N4S. The average molecular weight is 248 g/mol. The molecule has 0 unspecified atom stereocenters. The Kier molecular flexibility index (Phi) is 3.68. The highest BCUT2D eigenvalue weighted by Gasteiger charge is 2.09. The lowest BCUT2D eigenvalue weighted by Gasteiger charge is -2.03. The van der Waals surface area contributed by atoms with Crippen molar-refractivity contribution in [3.05, 3.63) is 23.9 Å². The fourth-order valence-electron chi connectivity index (χ4n) is 1.40. The topological polar surface area (TPSA) is 50.7 Å². The fraction of sp³-hybridized carbons (Fsp3) is 0.417. The number of nitrogens with zero attached hydrogens (tertiary/aromatic N) is 3. The summed E-state index contributed by atoms with van der Waals surface area (Å²) in [5.74, 6) is 1.30. The Morgan fingerprint density at radius 3 is 2.94 bits per heavy atom. The van der Waals surface area contributed by atoms with Crippen molar-refractivity contribution in [3.8, 4) is 11.5 Å². The normalized spacial score (nSPS) is 10.8. The van der Waals surface area contributed by atoms with Crippen LogP contribution in [0.2, 0.25) is 0 Å². The zero-order chi connectivity index (χ0) is 12.3. The minimum atomic E-state index is 0.596. The molecule has 2 heterocycles. The van der Waals surface area contributed by atoms with Crippen molar-refractivity contribution in [1.29, 1.82) is 0 Å². The van der Waals surface area contributed by atoms with Gasteiger partial charge in [-0.05, 0) is 24.5 Å². The molecule has 0 atom stereocenters. The van der Waals surface area contributed by atoms with E-state index in [1.807, 2.05) is 19.1 Å². The molecule has 0 fully saturated rings. The summed E-state index contributed by atoms with van der Waals surface area (Å²) < 4.78 is 4.33. The van der Waals surface area contributed by atoms with Gasteiger partial charge in [0.2, 0.25) is 5.13 Å². The van der Waals surface area contributed by atoms with Crippen molar-refractivity contribution in [1.82, 2.24) is 14.3 Å². The highest BCUT2D eigenvalue weighted by atomic mass is 32.1. The Labute approximate surface area is 105 Å². The smallest absolute Gasteiger partial charge is 0.202 e. The molecule has 0 aliphatic heterocycles. The molecule has 0 saturated carbocycles. The standard InChI is InChI=1S/C12H16N4S/c1-8(2)7-14-12-15-11(16-17-12)10-9(3)5-4-6-13-10/h4-6,8H,7H2,1-3H3,(H,14,15,16). The molecule has 17 heavy (non-hydrogen) atoms. The first kappa shape index (κ1) is 12.0. The van der Waals surface area contributed by atoms with Crippen LogP contribution in [0, 0.1) is 12.8 Å². The van der Waals surface area contributed by atoms with Gasteiger partial charge in [-0.1, -0.05) is 19.9 Å². The van der Waals surface area contributed by atoms with Crippen molar-refractivity contribution in [3.63, 3.8) is 0 Å². The van der Waals surface area contributed by atoms with Crippen LogP contribution >= 0.6 is 11.5 Å². The summed E-state index contributed by atoms with van der Waals surface area (Å²) in [7, 11) is 0. The summed E-state index contributed by atoms with van der Waals surface area (Å²) in [6.45, 7) is 7.26. The van der Waals surface area contributed by atoms with Gasteiger partial charge in [0.05, 0.1) is 0 Å². The van der Waals surface area contributed by atoms with Crippen LogP contribution in [-0.2, 0) is 0 Å². The van der Waals surface area contributed by atoms with E-state index < -0.39 is 0 Å². The molecule has 2 aromatic heterocycles. The van der Waals surface area contributed by atoms with Crippen molar-refractivity contribution in [2.45, 2.75) is 20.8 Å². The second-order valence-electron chi connectivity index (χ2n) is 4.37. The lowest BCUT2D eigenvalue weighted by Crippen LogP contribution is -2.07. The maximum absolute atomic E-state index is 4.45. The van der Waals surface area contributed by atoms with E-state index in [0.717, 1.165) is 22.9 Å². The predicted molar refractivity (Wildman–Crippen MR) is 71.2 cm³/mol. The van der Waals surface area contributed by atoms with Gasteiger partial charge in [0, 0.05) is 24.3 Å². The van der Waals surface area contributed by atoms with Crippen molar-refractivity contribution < 1.29 is 0 Å². The predicted octanol–water partition coefficient (Wildman–Crippen LogP) is 2.98. The van der Waals surface area contributed by atoms with Crippen LogP contribution in [0.3, 0.4) is 0 Å². The molecule has 1 N–H and O–H groups in total. The molecule has 4 nitrogen and oxygen atoms in total. The van der Waals surface area contributed by atoms with Crippen LogP contribution in [0.15, 0.2) is 18.3 Å². The molecule has 0 aromatic carbocycles. The van der Waals surface area contributed by atoms with Gasteiger partial charge in [0.25, 0.3) is 0 Å². The number of anilines is 1. The van der Waals surface area contributed by atoms with Crippen LogP contribution in [0.25, 0.3) is 11.5 Å². The zero-order valence-corrected chi connectivity index (χ0v) is 11.1. The van der Waals surface area contributed by atoms with Gasteiger partial charge in [-0.2, -0.15) is 9.36 Å². The van der Waals surface area contributed by atoms with E-state index in [9.17, 15) is 0 Å². The van der Waals surface area contributed by atoms with Gasteiger partial charge >= 0.3 is 0 Å². The molecule has 2 aromatic rings. The third kappa shape index (κ3) is 3.00. The zero-order valence-electron chi connectivity index (χ0n) is 10.3. The number of hydrogen-bond donors (Lipinski definition) is 1. The van der Waals surface area contributed by atoms with E-state index in [4.69, 9.17) is 0 Å². The third-order valence-corrected chi connectivity index (χ3v) is 2.98. The van der Waals surface area contributed by atoms with Crippen LogP contribution < -0.4 is 5.32 Å². The number of aryl methyl sites for hydroxylation is 1. The van der Waals surface area contributed by atoms with Crippen molar-refractivity contribution in [2.24, 2.45) is 5.92 Å². The van der Waals surface area contributed by atoms with Gasteiger partial charge in [-0.15, -0.1) is 0 Å². The van der Waals surface area contributed by atoms with Crippen LogP contribution in [0.1, 0.15) is 19.4 Å². The first-order valence-corrected chi connectivity index (χ1v) is 6.43. The van der Waals surface area contributed by atoms with Gasteiger partial charge < -0.3 is 5.32 Å². The SMILES string of the molecule is Cc1cccnc1-c1nsc(NCC(C)C)n1. The molecule has 0 amide bonds. The Bertz CT molecular complexity index is 493. The van der Waals surface area contributed by atoms with Crippen LogP contribution in [0.5, 0.6) is 0 Å². The Morgan fingerprint density at radius 1 is 1.41 bits per heavy atom. The molecule has 0 saturated heterocycles. The minimum absolute atomic E-state index is 0.596. The molecule has 0 aliphatic rings. The van der Waals surface area contributed by atoms with Crippen molar-refractivity contribution in [2.75, 3.05) is 11.9 Å². The number of pyridine rings is 1. The molecule has 5 heteroatoms. The Morgan fingerprint density at radius 2 is 2.24 bits per heavy atom. The number of rotatable bonds is 4. The maximum atomic E-state index is 4.45. The van der Waals surface area contributed by atoms with Gasteiger partial charge in [0.15, 0.2) is 5.82 Å². The van der Waals surface area contributed by atoms with Gasteiger partial charge in [-0.3, -0.25) is 4.98 Å². The van der Waals surface area contributed by atoms with Gasteiger partial charge in [0.1, 0.15) is 5.69 Å². The number of aromatic nitrogens is 3. The van der Waals surface area contributed by atoms with E-state index >= 15 is 0 Å². The summed E-state index contributed by atoms with van der Waals surface area (Å²) in [5.41, 5.74) is 1.96. The summed E-state index contributed by atoms with van der Waals surface area (Å²) in [5, 5.41) is 4.13. The van der Waals surface area contributed by atoms with E-state index in [-0.39, 0.29) is 0 Å². The molecule has 2 rings (SSSR count). The van der Waals surface area contributed by atoms with E-state index in [0.29, 0.717) is 11.7 Å². The molecule has 0 radical (unpaired) electrons. The summed E-state index contributed by atoms with van der Waals surface area (Å²) in [4.78, 5) is 8.76. The van der Waals surface area contributed by atoms with Crippen molar-refractivity contribution >= 4 is 16.7 Å². The first-order valence-electron chi connectivity index (χ1n) is 5.66. The average Bonchev–Trinajstić information content (AvgIpc) is 2.75. The third-order valence-electron chi connectivity index (χ3n) is 2.31. The Balaban J connectivity index is 2.16. The molecule has 0 aliphatic carbocycles. The van der Waals surface area contributed by atoms with Crippen LogP contribution in [-0.4, -0.2) is 20.9 Å². The second-order valence-corrected chi connectivity index (χ2v) is 5.12. The summed E-state index contributed by atoms with van der Waals surface area (Å²) in [6.07, 6.45) is 1.77. The highest BCUT2D eigenvalue weighted by molar-refractivity contribution is 7.09. The molecule has 0 spiro atoms. The van der Waals surface area contributed by atoms with E-state index in [1.165, 1.54) is 11.5 Å². The van der Waals surface area contributed by atoms with E-state index in [2.05, 4.69) is 33.5 Å². The lowest BCUT2D eigenvalue weighted by molar-refractivity contribution is 0.688. The second kappa shape index (κ2) is 5.23. The van der Waals surface area contributed by atoms with Crippen LogP contribution in [0.4, 0.5) is 5.13 Å². The lowest BCUT2D eigenvalue weighted by atomic mass is 10.2. The monoisotopic (exact) mass is 248 g/mol. The summed E-state index contributed by atoms with van der Waals surface area (Å²) in [6, 6.07) is 3.94. The van der Waals surface area contributed by atoms with Gasteiger partial charge in [-0.25, -0.2) is 0 Å². The maximum Gasteiger partial charge on any atom is 0.202 e. The fourth-order valence-corrected chi connectivity index (χ4v) is 1.98. The molecule has 0 bridgehead atoms. The quantitative estimate of drug-likeness (QED) is 0.903. The molecule has 90 valence electrons. The highest BCUT2D eigenvalue weighted by Crippen LogP contribution is 2.21. The Hall–Kier alpha value is -1.49. The van der Waals surface area contributed by atoms with E-state index in [1.54, 1.807) is 6.20 Å². The number of nitrogens with one attached hydrogen (secondary N) is 1. The molecular weight excluding hydrogens is 232 g/mol. The largest absolute Gasteiger partial charge is 0.360 e. The summed E-state index contributed by atoms with van der Waals surface area (Å²) >= 11 is 1.38. The first-order chi connectivity index (χ1) is 8.16. The minimum Gasteiger partial charge on any atom is -0.360 e.